The standard InChI is InChI=1S/C12H12BrFN2O/c1-3-7(4-2)16-12(17)8-5-11(15)10(14)6-9(8)13/h1,5-7H,4,15H2,2H3,(H,16,17). The molecular weight excluding hydrogens is 287 g/mol. The molecule has 1 aromatic rings. The number of anilines is 1. The van der Waals surface area contributed by atoms with Crippen molar-refractivity contribution in [1.82, 2.24) is 5.32 Å². The van der Waals surface area contributed by atoms with Crippen LogP contribution in [0.4, 0.5) is 10.1 Å². The molecule has 1 unspecified atom stereocenters. The van der Waals surface area contributed by atoms with E-state index in [1.165, 1.54) is 6.07 Å². The highest BCUT2D eigenvalue weighted by molar-refractivity contribution is 9.10. The van der Waals surface area contributed by atoms with Gasteiger partial charge in [0.2, 0.25) is 0 Å². The van der Waals surface area contributed by atoms with Gasteiger partial charge in [-0.05, 0) is 34.5 Å². The second-order valence-corrected chi connectivity index (χ2v) is 4.31. The molecule has 0 spiro atoms. The Hall–Kier alpha value is -1.54. The van der Waals surface area contributed by atoms with Gasteiger partial charge < -0.3 is 11.1 Å². The van der Waals surface area contributed by atoms with E-state index in [0.29, 0.717) is 10.9 Å². The van der Waals surface area contributed by atoms with Crippen molar-refractivity contribution in [3.05, 3.63) is 28.0 Å². The molecule has 1 aromatic carbocycles. The number of nitrogens with two attached hydrogens (primary N) is 1. The highest BCUT2D eigenvalue weighted by Gasteiger charge is 2.15. The van der Waals surface area contributed by atoms with Crippen LogP contribution in [-0.2, 0) is 0 Å². The fourth-order valence-electron chi connectivity index (χ4n) is 1.24. The summed E-state index contributed by atoms with van der Waals surface area (Å²) in [6.07, 6.45) is 5.86. The summed E-state index contributed by atoms with van der Waals surface area (Å²) in [5.41, 5.74) is 5.59. The minimum absolute atomic E-state index is 0.0768. The predicted molar refractivity (Wildman–Crippen MR) is 68.9 cm³/mol. The highest BCUT2D eigenvalue weighted by Crippen LogP contribution is 2.22. The number of halogens is 2. The number of hydrogen-bond donors (Lipinski definition) is 2. The Kier molecular flexibility index (Phi) is 4.53. The molecule has 3 nitrogen and oxygen atoms in total. The van der Waals surface area contributed by atoms with Gasteiger partial charge in [0.25, 0.3) is 5.91 Å². The highest BCUT2D eigenvalue weighted by atomic mass is 79.9. The van der Waals surface area contributed by atoms with Crippen molar-refractivity contribution in [3.63, 3.8) is 0 Å². The van der Waals surface area contributed by atoms with Gasteiger partial charge in [0, 0.05) is 4.47 Å². The molecule has 17 heavy (non-hydrogen) atoms. The molecule has 0 aliphatic heterocycles. The van der Waals surface area contributed by atoms with E-state index in [1.807, 2.05) is 6.92 Å². The lowest BCUT2D eigenvalue weighted by molar-refractivity contribution is 0.0944. The maximum Gasteiger partial charge on any atom is 0.253 e. The predicted octanol–water partition coefficient (Wildman–Crippen LogP) is 2.31. The Morgan fingerprint density at radius 2 is 2.35 bits per heavy atom. The van der Waals surface area contributed by atoms with Crippen LogP contribution >= 0.6 is 15.9 Å². The number of nitrogen functional groups attached to an aromatic ring is 1. The van der Waals surface area contributed by atoms with Crippen LogP contribution in [0.3, 0.4) is 0 Å². The van der Waals surface area contributed by atoms with Gasteiger partial charge in [-0.2, -0.15) is 0 Å². The van der Waals surface area contributed by atoms with E-state index in [2.05, 4.69) is 27.2 Å². The zero-order valence-electron chi connectivity index (χ0n) is 9.26. The Balaban J connectivity index is 2.98. The summed E-state index contributed by atoms with van der Waals surface area (Å²) in [6.45, 7) is 1.86. The molecule has 1 amide bonds. The topological polar surface area (TPSA) is 55.1 Å². The molecule has 0 fully saturated rings. The first-order valence-electron chi connectivity index (χ1n) is 5.01. The molecular formula is C12H12BrFN2O. The Bertz CT molecular complexity index is 482. The lowest BCUT2D eigenvalue weighted by Gasteiger charge is -2.12. The molecule has 0 saturated heterocycles. The summed E-state index contributed by atoms with van der Waals surface area (Å²) in [6, 6.07) is 2.08. The van der Waals surface area contributed by atoms with Gasteiger partial charge in [-0.25, -0.2) is 4.39 Å². The first-order valence-corrected chi connectivity index (χ1v) is 5.80. The number of terminal acetylenes is 1. The molecule has 0 saturated carbocycles. The molecule has 1 atom stereocenters. The summed E-state index contributed by atoms with van der Waals surface area (Å²) in [4.78, 5) is 11.8. The summed E-state index contributed by atoms with van der Waals surface area (Å²) < 4.78 is 13.4. The SMILES string of the molecule is C#CC(CC)NC(=O)c1cc(N)c(F)cc1Br. The van der Waals surface area contributed by atoms with Crippen LogP contribution in [0.1, 0.15) is 23.7 Å². The van der Waals surface area contributed by atoms with Gasteiger partial charge in [-0.1, -0.05) is 12.8 Å². The van der Waals surface area contributed by atoms with E-state index in [1.54, 1.807) is 0 Å². The molecule has 0 heterocycles. The lowest BCUT2D eigenvalue weighted by atomic mass is 10.1. The summed E-state index contributed by atoms with van der Waals surface area (Å²) in [5.74, 6) is 1.49. The van der Waals surface area contributed by atoms with E-state index in [-0.39, 0.29) is 23.2 Å². The summed E-state index contributed by atoms with van der Waals surface area (Å²) >= 11 is 3.11. The van der Waals surface area contributed by atoms with Crippen LogP contribution in [0.25, 0.3) is 0 Å². The molecule has 1 rings (SSSR count). The number of rotatable bonds is 3. The van der Waals surface area contributed by atoms with E-state index in [4.69, 9.17) is 12.2 Å². The molecule has 0 aromatic heterocycles. The first-order chi connectivity index (χ1) is 7.99. The fourth-order valence-corrected chi connectivity index (χ4v) is 1.73. The molecule has 3 N–H and O–H groups in total. The Morgan fingerprint density at radius 1 is 1.71 bits per heavy atom. The number of benzene rings is 1. The smallest absolute Gasteiger partial charge is 0.253 e. The second-order valence-electron chi connectivity index (χ2n) is 3.45. The number of hydrogen-bond acceptors (Lipinski definition) is 2. The van der Waals surface area contributed by atoms with E-state index in [0.717, 1.165) is 6.07 Å². The zero-order chi connectivity index (χ0) is 13.0. The van der Waals surface area contributed by atoms with E-state index >= 15 is 0 Å². The third-order valence-electron chi connectivity index (χ3n) is 2.25. The number of carbonyl (C=O) groups is 1. The minimum atomic E-state index is -0.572. The van der Waals surface area contributed by atoms with Gasteiger partial charge in [0.1, 0.15) is 5.82 Å². The molecule has 0 bridgehead atoms. The average molecular weight is 299 g/mol. The van der Waals surface area contributed by atoms with Gasteiger partial charge in [-0.15, -0.1) is 6.42 Å². The van der Waals surface area contributed by atoms with Crippen molar-refractivity contribution < 1.29 is 9.18 Å². The summed E-state index contributed by atoms with van der Waals surface area (Å²) in [7, 11) is 0. The fraction of sp³-hybridized carbons (Fsp3) is 0.250. The number of carbonyl (C=O) groups excluding carboxylic acids is 1. The van der Waals surface area contributed by atoms with Gasteiger partial charge in [-0.3, -0.25) is 4.79 Å². The summed E-state index contributed by atoms with van der Waals surface area (Å²) in [5, 5.41) is 2.64. The molecule has 0 radical (unpaired) electrons. The lowest BCUT2D eigenvalue weighted by Crippen LogP contribution is -2.33. The van der Waals surface area contributed by atoms with Gasteiger partial charge >= 0.3 is 0 Å². The van der Waals surface area contributed by atoms with E-state index < -0.39 is 5.82 Å². The molecule has 0 aliphatic rings. The maximum absolute atomic E-state index is 13.1. The first kappa shape index (κ1) is 13.5. The normalized spacial score (nSPS) is 11.6. The average Bonchev–Trinajstić information content (AvgIpc) is 2.30. The van der Waals surface area contributed by atoms with Crippen LogP contribution < -0.4 is 11.1 Å². The van der Waals surface area contributed by atoms with Gasteiger partial charge in [0.05, 0.1) is 17.3 Å². The van der Waals surface area contributed by atoms with Crippen LogP contribution in [0.2, 0.25) is 0 Å². The van der Waals surface area contributed by atoms with E-state index in [9.17, 15) is 9.18 Å². The van der Waals surface area contributed by atoms with Crippen molar-refractivity contribution in [1.29, 1.82) is 0 Å². The second kappa shape index (κ2) is 5.69. The van der Waals surface area contributed by atoms with Crippen molar-refractivity contribution in [2.75, 3.05) is 5.73 Å². The monoisotopic (exact) mass is 298 g/mol. The van der Waals surface area contributed by atoms with Crippen molar-refractivity contribution >= 4 is 27.5 Å². The largest absolute Gasteiger partial charge is 0.396 e. The maximum atomic E-state index is 13.1. The van der Waals surface area contributed by atoms with Crippen molar-refractivity contribution in [3.8, 4) is 12.3 Å². The quantitative estimate of drug-likeness (QED) is 0.665. The molecule has 0 aliphatic carbocycles. The van der Waals surface area contributed by atoms with Crippen molar-refractivity contribution in [2.45, 2.75) is 19.4 Å². The third kappa shape index (κ3) is 3.21. The zero-order valence-corrected chi connectivity index (χ0v) is 10.8. The minimum Gasteiger partial charge on any atom is -0.396 e. The molecule has 90 valence electrons. The van der Waals surface area contributed by atoms with Crippen LogP contribution in [0.15, 0.2) is 16.6 Å². The van der Waals surface area contributed by atoms with Crippen LogP contribution in [0, 0.1) is 18.2 Å². The van der Waals surface area contributed by atoms with Crippen molar-refractivity contribution in [2.24, 2.45) is 0 Å². The Labute approximate surface area is 108 Å². The number of nitrogens with one attached hydrogen (secondary N) is 1. The Morgan fingerprint density at radius 3 is 2.88 bits per heavy atom. The number of amides is 1. The van der Waals surface area contributed by atoms with Gasteiger partial charge in [0.15, 0.2) is 0 Å². The van der Waals surface area contributed by atoms with Crippen LogP contribution in [-0.4, -0.2) is 11.9 Å². The van der Waals surface area contributed by atoms with Crippen LogP contribution in [0.5, 0.6) is 0 Å². The molecule has 5 heteroatoms. The third-order valence-corrected chi connectivity index (χ3v) is 2.90.